The van der Waals surface area contributed by atoms with Crippen LogP contribution in [0.2, 0.25) is 5.02 Å². The molecule has 1 heterocycles. The molecule has 0 fully saturated rings. The fourth-order valence-corrected chi connectivity index (χ4v) is 2.54. The van der Waals surface area contributed by atoms with Gasteiger partial charge in [-0.05, 0) is 54.5 Å². The summed E-state index contributed by atoms with van der Waals surface area (Å²) < 4.78 is 2.66. The summed E-state index contributed by atoms with van der Waals surface area (Å²) in [6, 6.07) is 15.9. The van der Waals surface area contributed by atoms with Crippen LogP contribution in [0.4, 0.5) is 0 Å². The Bertz CT molecular complexity index is 800. The number of nitrogens with zero attached hydrogens (tertiary/aromatic N) is 1. The fraction of sp³-hybridized carbons (Fsp3) is 0.0625. The zero-order chi connectivity index (χ0) is 14.1. The molecule has 2 aromatic carbocycles. The summed E-state index contributed by atoms with van der Waals surface area (Å²) in [4.78, 5) is 3.23. The van der Waals surface area contributed by atoms with E-state index in [2.05, 4.69) is 24.0 Å². The molecule has 0 unspecified atom stereocenters. The van der Waals surface area contributed by atoms with E-state index in [0.717, 1.165) is 22.0 Å². The lowest BCUT2D eigenvalue weighted by molar-refractivity contribution is 1.03. The molecule has 3 aromatic rings. The number of halogens is 1. The maximum Gasteiger partial charge on any atom is 0.182 e. The lowest BCUT2D eigenvalue weighted by Gasteiger charge is -2.02. The summed E-state index contributed by atoms with van der Waals surface area (Å²) in [6.45, 7) is 2.07. The van der Waals surface area contributed by atoms with Crippen LogP contribution in [-0.2, 0) is 0 Å². The number of aryl methyl sites for hydroxylation is 1. The quantitative estimate of drug-likeness (QED) is 0.648. The van der Waals surface area contributed by atoms with Gasteiger partial charge in [-0.2, -0.15) is 0 Å². The van der Waals surface area contributed by atoms with Crippen LogP contribution in [0.25, 0.3) is 16.9 Å². The zero-order valence-corrected chi connectivity index (χ0v) is 12.5. The van der Waals surface area contributed by atoms with E-state index in [0.29, 0.717) is 4.77 Å². The van der Waals surface area contributed by atoms with Crippen molar-refractivity contribution in [3.63, 3.8) is 0 Å². The van der Waals surface area contributed by atoms with Crippen molar-refractivity contribution >= 4 is 23.8 Å². The Kier molecular flexibility index (Phi) is 3.47. The van der Waals surface area contributed by atoms with Gasteiger partial charge in [-0.15, -0.1) is 0 Å². The van der Waals surface area contributed by atoms with Crippen LogP contribution in [0.1, 0.15) is 5.56 Å². The molecule has 0 aliphatic heterocycles. The number of aromatic amines is 1. The third-order valence-electron chi connectivity index (χ3n) is 3.15. The molecule has 0 aliphatic rings. The maximum absolute atomic E-state index is 5.91. The predicted octanol–water partition coefficient (Wildman–Crippen LogP) is 5.16. The summed E-state index contributed by atoms with van der Waals surface area (Å²) >= 11 is 11.3. The summed E-state index contributed by atoms with van der Waals surface area (Å²) in [6.07, 6.45) is 2.01. The van der Waals surface area contributed by atoms with E-state index >= 15 is 0 Å². The number of aromatic nitrogens is 2. The van der Waals surface area contributed by atoms with Crippen molar-refractivity contribution in [1.82, 2.24) is 9.55 Å². The number of benzene rings is 2. The Labute approximate surface area is 127 Å². The first-order valence-electron chi connectivity index (χ1n) is 6.28. The highest BCUT2D eigenvalue weighted by Gasteiger charge is 2.05. The van der Waals surface area contributed by atoms with Crippen LogP contribution in [0.5, 0.6) is 0 Å². The van der Waals surface area contributed by atoms with Gasteiger partial charge in [0.15, 0.2) is 4.77 Å². The second-order valence-corrected chi connectivity index (χ2v) is 5.51. The molecule has 0 saturated heterocycles. The molecule has 2 nitrogen and oxygen atoms in total. The van der Waals surface area contributed by atoms with Gasteiger partial charge >= 0.3 is 0 Å². The van der Waals surface area contributed by atoms with E-state index in [1.807, 2.05) is 47.2 Å². The number of hydrogen-bond acceptors (Lipinski definition) is 1. The van der Waals surface area contributed by atoms with E-state index in [1.165, 1.54) is 5.56 Å². The largest absolute Gasteiger partial charge is 0.330 e. The van der Waals surface area contributed by atoms with Crippen molar-refractivity contribution in [1.29, 1.82) is 0 Å². The van der Waals surface area contributed by atoms with Gasteiger partial charge < -0.3 is 4.98 Å². The molecule has 0 amide bonds. The minimum atomic E-state index is 0.681. The Hall–Kier alpha value is -1.84. The highest BCUT2D eigenvalue weighted by atomic mass is 35.5. The highest BCUT2D eigenvalue weighted by Crippen LogP contribution is 2.22. The Morgan fingerprint density at radius 3 is 2.55 bits per heavy atom. The molecule has 0 radical (unpaired) electrons. The normalized spacial score (nSPS) is 10.7. The molecule has 100 valence electrons. The Balaban J connectivity index is 2.07. The zero-order valence-electron chi connectivity index (χ0n) is 10.9. The number of hydrogen-bond donors (Lipinski definition) is 1. The van der Waals surface area contributed by atoms with Crippen LogP contribution in [0, 0.1) is 11.7 Å². The summed E-state index contributed by atoms with van der Waals surface area (Å²) in [5.74, 6) is 0. The average Bonchev–Trinajstić information content (AvgIpc) is 2.82. The molecule has 0 atom stereocenters. The molecule has 20 heavy (non-hydrogen) atoms. The van der Waals surface area contributed by atoms with Crippen LogP contribution in [-0.4, -0.2) is 9.55 Å². The summed E-state index contributed by atoms with van der Waals surface area (Å²) in [5, 5.41) is 0.727. The van der Waals surface area contributed by atoms with Gasteiger partial charge in [0.1, 0.15) is 0 Å². The Morgan fingerprint density at radius 2 is 1.85 bits per heavy atom. The van der Waals surface area contributed by atoms with E-state index in [9.17, 15) is 0 Å². The van der Waals surface area contributed by atoms with Gasteiger partial charge in [0.2, 0.25) is 0 Å². The molecule has 0 aliphatic carbocycles. The lowest BCUT2D eigenvalue weighted by Crippen LogP contribution is -1.91. The molecule has 1 N–H and O–H groups in total. The van der Waals surface area contributed by atoms with Gasteiger partial charge in [0.05, 0.1) is 5.69 Å². The van der Waals surface area contributed by atoms with E-state index in [-0.39, 0.29) is 0 Å². The SMILES string of the molecule is Cc1cccc(-n2cc(-c3ccc(Cl)cc3)[nH]c2=S)c1. The highest BCUT2D eigenvalue weighted by molar-refractivity contribution is 7.71. The lowest BCUT2D eigenvalue weighted by atomic mass is 10.2. The van der Waals surface area contributed by atoms with Crippen LogP contribution in [0.3, 0.4) is 0 Å². The minimum Gasteiger partial charge on any atom is -0.330 e. The molecular formula is C16H13ClN2S. The van der Waals surface area contributed by atoms with Crippen molar-refractivity contribution in [3.8, 4) is 16.9 Å². The van der Waals surface area contributed by atoms with Crippen molar-refractivity contribution < 1.29 is 0 Å². The second-order valence-electron chi connectivity index (χ2n) is 4.69. The average molecular weight is 301 g/mol. The van der Waals surface area contributed by atoms with E-state index in [4.69, 9.17) is 23.8 Å². The van der Waals surface area contributed by atoms with Crippen LogP contribution in [0.15, 0.2) is 54.7 Å². The first-order chi connectivity index (χ1) is 9.63. The van der Waals surface area contributed by atoms with Gasteiger partial charge in [-0.3, -0.25) is 4.57 Å². The molecule has 0 bridgehead atoms. The van der Waals surface area contributed by atoms with Crippen molar-refractivity contribution in [3.05, 3.63) is 70.1 Å². The molecule has 1 aromatic heterocycles. The van der Waals surface area contributed by atoms with Gasteiger partial charge in [-0.1, -0.05) is 35.9 Å². The van der Waals surface area contributed by atoms with Gasteiger partial charge in [0, 0.05) is 16.9 Å². The standard InChI is InChI=1S/C16H13ClN2S/c1-11-3-2-4-14(9-11)19-10-15(18-16(19)20)12-5-7-13(17)8-6-12/h2-10H,1H3,(H,18,20). The smallest absolute Gasteiger partial charge is 0.182 e. The van der Waals surface area contributed by atoms with Crippen LogP contribution >= 0.6 is 23.8 Å². The summed E-state index contributed by atoms with van der Waals surface area (Å²) in [5.41, 5.74) is 4.31. The first-order valence-corrected chi connectivity index (χ1v) is 7.07. The van der Waals surface area contributed by atoms with Crippen molar-refractivity contribution in [2.24, 2.45) is 0 Å². The van der Waals surface area contributed by atoms with Gasteiger partial charge in [-0.25, -0.2) is 0 Å². The number of rotatable bonds is 2. The Morgan fingerprint density at radius 1 is 1.10 bits per heavy atom. The third-order valence-corrected chi connectivity index (χ3v) is 3.70. The second kappa shape index (κ2) is 5.27. The molecule has 0 saturated carbocycles. The molecule has 4 heteroatoms. The van der Waals surface area contributed by atoms with Gasteiger partial charge in [0.25, 0.3) is 0 Å². The maximum atomic E-state index is 5.91. The topological polar surface area (TPSA) is 20.7 Å². The van der Waals surface area contributed by atoms with Crippen LogP contribution < -0.4 is 0 Å². The molecule has 0 spiro atoms. The number of nitrogens with one attached hydrogen (secondary N) is 1. The van der Waals surface area contributed by atoms with Crippen molar-refractivity contribution in [2.45, 2.75) is 6.92 Å². The monoisotopic (exact) mass is 300 g/mol. The van der Waals surface area contributed by atoms with E-state index in [1.54, 1.807) is 0 Å². The molecular weight excluding hydrogens is 288 g/mol. The predicted molar refractivity (Wildman–Crippen MR) is 86.1 cm³/mol. The first kappa shape index (κ1) is 13.2. The fourth-order valence-electron chi connectivity index (χ4n) is 2.14. The summed E-state index contributed by atoms with van der Waals surface area (Å²) in [7, 11) is 0. The third kappa shape index (κ3) is 2.55. The van der Waals surface area contributed by atoms with E-state index < -0.39 is 0 Å². The van der Waals surface area contributed by atoms with Crippen molar-refractivity contribution in [2.75, 3.05) is 0 Å². The number of imidazole rings is 1. The molecule has 3 rings (SSSR count). The number of H-pyrrole nitrogens is 1. The minimum absolute atomic E-state index is 0.681.